The van der Waals surface area contributed by atoms with Gasteiger partial charge in [0.1, 0.15) is 0 Å². The second-order valence-corrected chi connectivity index (χ2v) is 4.55. The lowest BCUT2D eigenvalue weighted by Gasteiger charge is -2.40. The summed E-state index contributed by atoms with van der Waals surface area (Å²) >= 11 is 0. The summed E-state index contributed by atoms with van der Waals surface area (Å²) in [5.41, 5.74) is 5.70. The second kappa shape index (κ2) is 7.22. The number of likely N-dealkylation sites (N-methyl/N-ethyl adjacent to an activating group) is 1. The Balaban J connectivity index is 2.33. The molecule has 1 aliphatic heterocycles. The highest BCUT2D eigenvalue weighted by Crippen LogP contribution is 2.09. The molecule has 4 nitrogen and oxygen atoms in total. The Hall–Kier alpha value is -0.160. The Bertz CT molecular complexity index is 189. The van der Waals surface area contributed by atoms with Crippen LogP contribution in [-0.4, -0.2) is 67.8 Å². The van der Waals surface area contributed by atoms with Gasteiger partial charge in [0.2, 0.25) is 0 Å². The van der Waals surface area contributed by atoms with Crippen LogP contribution >= 0.6 is 0 Å². The van der Waals surface area contributed by atoms with Crippen molar-refractivity contribution >= 4 is 0 Å². The van der Waals surface area contributed by atoms with Crippen LogP contribution in [0.3, 0.4) is 0 Å². The summed E-state index contributed by atoms with van der Waals surface area (Å²) in [5, 5.41) is 0. The molecule has 0 bridgehead atoms. The van der Waals surface area contributed by atoms with Crippen LogP contribution in [0.2, 0.25) is 0 Å². The Morgan fingerprint density at radius 2 is 2.12 bits per heavy atom. The largest absolute Gasteiger partial charge is 0.376 e. The van der Waals surface area contributed by atoms with Gasteiger partial charge in [-0.05, 0) is 20.4 Å². The number of rotatable bonds is 6. The van der Waals surface area contributed by atoms with Gasteiger partial charge in [-0.3, -0.25) is 9.80 Å². The Labute approximate surface area is 99.7 Å². The average Bonchev–Trinajstić information content (AvgIpc) is 2.28. The van der Waals surface area contributed by atoms with E-state index in [4.69, 9.17) is 10.5 Å². The zero-order chi connectivity index (χ0) is 12.0. The van der Waals surface area contributed by atoms with Crippen LogP contribution in [0.15, 0.2) is 0 Å². The summed E-state index contributed by atoms with van der Waals surface area (Å²) in [6.45, 7) is 13.5. The van der Waals surface area contributed by atoms with E-state index < -0.39 is 0 Å². The van der Waals surface area contributed by atoms with E-state index in [1.165, 1.54) is 6.54 Å². The molecule has 0 saturated carbocycles. The van der Waals surface area contributed by atoms with E-state index in [9.17, 15) is 0 Å². The molecule has 1 rings (SSSR count). The lowest BCUT2D eigenvalue weighted by atomic mass is 10.1. The third-order valence-electron chi connectivity index (χ3n) is 3.38. The molecule has 0 aromatic rings. The Morgan fingerprint density at radius 1 is 1.38 bits per heavy atom. The number of nitrogens with zero attached hydrogens (tertiary/aromatic N) is 2. The van der Waals surface area contributed by atoms with Crippen LogP contribution in [0.5, 0.6) is 0 Å². The zero-order valence-electron chi connectivity index (χ0n) is 11.0. The van der Waals surface area contributed by atoms with Crippen molar-refractivity contribution in [3.8, 4) is 0 Å². The van der Waals surface area contributed by atoms with Gasteiger partial charge in [0.05, 0.1) is 6.10 Å². The summed E-state index contributed by atoms with van der Waals surface area (Å²) < 4.78 is 5.60. The van der Waals surface area contributed by atoms with Crippen molar-refractivity contribution in [2.24, 2.45) is 5.73 Å². The van der Waals surface area contributed by atoms with Gasteiger partial charge in [0.25, 0.3) is 0 Å². The van der Waals surface area contributed by atoms with Crippen LogP contribution in [0, 0.1) is 0 Å². The van der Waals surface area contributed by atoms with Crippen LogP contribution in [0.1, 0.15) is 20.8 Å². The average molecular weight is 229 g/mol. The van der Waals surface area contributed by atoms with E-state index in [1.54, 1.807) is 0 Å². The molecule has 2 atom stereocenters. The molecule has 16 heavy (non-hydrogen) atoms. The molecule has 2 unspecified atom stereocenters. The number of nitrogens with two attached hydrogens (primary N) is 1. The monoisotopic (exact) mass is 229 g/mol. The number of hydrogen-bond donors (Lipinski definition) is 1. The Morgan fingerprint density at radius 3 is 2.62 bits per heavy atom. The van der Waals surface area contributed by atoms with E-state index in [2.05, 4.69) is 23.6 Å². The molecule has 96 valence electrons. The van der Waals surface area contributed by atoms with Gasteiger partial charge in [-0.1, -0.05) is 6.92 Å². The lowest BCUT2D eigenvalue weighted by Crippen LogP contribution is -2.53. The minimum Gasteiger partial charge on any atom is -0.376 e. The Kier molecular flexibility index (Phi) is 6.28. The first-order valence-corrected chi connectivity index (χ1v) is 6.49. The minimum atomic E-state index is 0.199. The first kappa shape index (κ1) is 13.9. The molecule has 0 aliphatic carbocycles. The molecule has 1 saturated heterocycles. The first-order valence-electron chi connectivity index (χ1n) is 6.49. The van der Waals surface area contributed by atoms with Crippen molar-refractivity contribution in [2.75, 3.05) is 45.9 Å². The highest BCUT2D eigenvalue weighted by atomic mass is 16.5. The highest BCUT2D eigenvalue weighted by molar-refractivity contribution is 4.80. The molecular formula is C12H27N3O. The van der Waals surface area contributed by atoms with E-state index >= 15 is 0 Å². The predicted molar refractivity (Wildman–Crippen MR) is 67.6 cm³/mol. The van der Waals surface area contributed by atoms with Crippen LogP contribution in [0.25, 0.3) is 0 Å². The molecule has 0 amide bonds. The van der Waals surface area contributed by atoms with Crippen molar-refractivity contribution in [3.63, 3.8) is 0 Å². The molecular weight excluding hydrogens is 202 g/mol. The van der Waals surface area contributed by atoms with E-state index in [-0.39, 0.29) is 6.10 Å². The van der Waals surface area contributed by atoms with Gasteiger partial charge in [0, 0.05) is 45.4 Å². The normalized spacial score (nSPS) is 25.9. The van der Waals surface area contributed by atoms with Gasteiger partial charge < -0.3 is 10.5 Å². The summed E-state index contributed by atoms with van der Waals surface area (Å²) in [7, 11) is 0. The van der Waals surface area contributed by atoms with Crippen molar-refractivity contribution < 1.29 is 4.74 Å². The fourth-order valence-electron chi connectivity index (χ4n) is 2.43. The maximum atomic E-state index is 5.70. The molecule has 1 heterocycles. The van der Waals surface area contributed by atoms with Gasteiger partial charge >= 0.3 is 0 Å². The van der Waals surface area contributed by atoms with E-state index in [1.807, 2.05) is 6.92 Å². The first-order chi connectivity index (χ1) is 7.71. The van der Waals surface area contributed by atoms with Gasteiger partial charge in [-0.25, -0.2) is 0 Å². The van der Waals surface area contributed by atoms with Crippen molar-refractivity contribution in [1.29, 1.82) is 0 Å². The number of hydrogen-bond acceptors (Lipinski definition) is 4. The minimum absolute atomic E-state index is 0.199. The quantitative estimate of drug-likeness (QED) is 0.715. The maximum absolute atomic E-state index is 5.70. The topological polar surface area (TPSA) is 41.7 Å². The standard InChI is InChI=1S/C12H27N3O/c1-4-15-7-6-14(9-11(15)3)10-12(8-13)16-5-2/h11-12H,4-10,13H2,1-3H3. The molecule has 1 fully saturated rings. The second-order valence-electron chi connectivity index (χ2n) is 4.55. The smallest absolute Gasteiger partial charge is 0.0823 e. The molecule has 2 N–H and O–H groups in total. The van der Waals surface area contributed by atoms with Crippen LogP contribution in [-0.2, 0) is 4.74 Å². The fraction of sp³-hybridized carbons (Fsp3) is 1.00. The SMILES string of the molecule is CCOC(CN)CN1CCN(CC)C(C)C1. The molecule has 4 heteroatoms. The highest BCUT2D eigenvalue weighted by Gasteiger charge is 2.23. The molecule has 1 aliphatic rings. The molecule has 0 aromatic carbocycles. The molecule has 0 aromatic heterocycles. The molecule has 0 radical (unpaired) electrons. The maximum Gasteiger partial charge on any atom is 0.0823 e. The third kappa shape index (κ3) is 4.01. The summed E-state index contributed by atoms with van der Waals surface area (Å²) in [6, 6.07) is 0.652. The van der Waals surface area contributed by atoms with E-state index in [0.717, 1.165) is 32.8 Å². The fourth-order valence-corrected chi connectivity index (χ4v) is 2.43. The van der Waals surface area contributed by atoms with Gasteiger partial charge in [0.15, 0.2) is 0 Å². The lowest BCUT2D eigenvalue weighted by molar-refractivity contribution is 0.0131. The van der Waals surface area contributed by atoms with Gasteiger partial charge in [-0.2, -0.15) is 0 Å². The zero-order valence-corrected chi connectivity index (χ0v) is 11.0. The third-order valence-corrected chi connectivity index (χ3v) is 3.38. The van der Waals surface area contributed by atoms with Crippen LogP contribution in [0.4, 0.5) is 0 Å². The molecule has 0 spiro atoms. The van der Waals surface area contributed by atoms with Crippen molar-refractivity contribution in [2.45, 2.75) is 32.9 Å². The summed E-state index contributed by atoms with van der Waals surface area (Å²) in [5.74, 6) is 0. The number of ether oxygens (including phenoxy) is 1. The van der Waals surface area contributed by atoms with E-state index in [0.29, 0.717) is 12.6 Å². The van der Waals surface area contributed by atoms with Crippen LogP contribution < -0.4 is 5.73 Å². The summed E-state index contributed by atoms with van der Waals surface area (Å²) in [6.07, 6.45) is 0.199. The summed E-state index contributed by atoms with van der Waals surface area (Å²) in [4.78, 5) is 5.00. The number of piperazine rings is 1. The van der Waals surface area contributed by atoms with Crippen molar-refractivity contribution in [3.05, 3.63) is 0 Å². The predicted octanol–water partition coefficient (Wildman–Crippen LogP) is 0.376. The van der Waals surface area contributed by atoms with Gasteiger partial charge in [-0.15, -0.1) is 0 Å². The van der Waals surface area contributed by atoms with Crippen molar-refractivity contribution in [1.82, 2.24) is 9.80 Å².